The lowest BCUT2D eigenvalue weighted by atomic mass is 9.94. The van der Waals surface area contributed by atoms with Crippen molar-refractivity contribution in [2.75, 3.05) is 19.6 Å². The monoisotopic (exact) mass is 580 g/mol. The van der Waals surface area contributed by atoms with Crippen LogP contribution in [0.2, 0.25) is 0 Å². The maximum absolute atomic E-state index is 13.3. The van der Waals surface area contributed by atoms with Gasteiger partial charge in [0.05, 0.1) is 0 Å². The minimum absolute atomic E-state index is 0.112. The number of carbonyl (C=O) groups is 4. The first kappa shape index (κ1) is 31.0. The highest BCUT2D eigenvalue weighted by molar-refractivity contribution is 5.89. The molecule has 0 bridgehead atoms. The molecule has 0 spiro atoms. The summed E-state index contributed by atoms with van der Waals surface area (Å²) in [6.07, 6.45) is 2.10. The van der Waals surface area contributed by atoms with Gasteiger partial charge in [-0.2, -0.15) is 0 Å². The quantitative estimate of drug-likeness (QED) is 0.494. The highest BCUT2D eigenvalue weighted by Gasteiger charge is 2.40. The first-order valence-electron chi connectivity index (χ1n) is 14.6. The van der Waals surface area contributed by atoms with Gasteiger partial charge in [-0.15, -0.1) is 0 Å². The zero-order chi connectivity index (χ0) is 30.3. The predicted molar refractivity (Wildman–Crippen MR) is 156 cm³/mol. The Hall–Kier alpha value is -3.95. The van der Waals surface area contributed by atoms with Crippen LogP contribution in [-0.2, 0) is 32.1 Å². The fourth-order valence-corrected chi connectivity index (χ4v) is 5.40. The third kappa shape index (κ3) is 8.53. The number of rotatable bonds is 8. The summed E-state index contributed by atoms with van der Waals surface area (Å²) in [6.45, 7) is 6.89. The zero-order valence-electron chi connectivity index (χ0n) is 24.6. The summed E-state index contributed by atoms with van der Waals surface area (Å²) in [4.78, 5) is 55.7. The van der Waals surface area contributed by atoms with E-state index in [0.29, 0.717) is 45.3 Å². The zero-order valence-corrected chi connectivity index (χ0v) is 24.6. The number of halogens is 1. The van der Waals surface area contributed by atoms with Crippen LogP contribution in [0.15, 0.2) is 54.6 Å². The Bertz CT molecular complexity index is 1240. The van der Waals surface area contributed by atoms with E-state index in [2.05, 4.69) is 10.6 Å². The molecule has 2 aromatic rings. The number of nitrogens with one attached hydrogen (secondary N) is 2. The van der Waals surface area contributed by atoms with Gasteiger partial charge < -0.3 is 20.3 Å². The van der Waals surface area contributed by atoms with Crippen molar-refractivity contribution in [3.63, 3.8) is 0 Å². The molecule has 2 heterocycles. The van der Waals surface area contributed by atoms with Crippen LogP contribution in [0.5, 0.6) is 0 Å². The standard InChI is InChI=1S/C32H41FN4O5/c1-32(2,3)42-31(41)37-17-7-10-27(37)30(40)36-18-15-24(16-19-36)28(38)35-26(20-22-8-5-4-6-9-22)29(39)34-21-23-11-13-25(33)14-12-23/h4-6,8-9,11-14,24,26-27H,7,10,15-21H2,1-3H3,(H,34,39)(H,35,38)/t26-,27+/m1/s1. The van der Waals surface area contributed by atoms with Crippen molar-refractivity contribution in [1.82, 2.24) is 20.4 Å². The van der Waals surface area contributed by atoms with Gasteiger partial charge in [0.25, 0.3) is 0 Å². The maximum atomic E-state index is 13.3. The number of hydrogen-bond donors (Lipinski definition) is 2. The highest BCUT2D eigenvalue weighted by Crippen LogP contribution is 2.25. The van der Waals surface area contributed by atoms with Gasteiger partial charge in [-0.25, -0.2) is 9.18 Å². The first-order chi connectivity index (χ1) is 20.0. The lowest BCUT2D eigenvalue weighted by molar-refractivity contribution is -0.139. The maximum Gasteiger partial charge on any atom is 0.410 e. The number of benzene rings is 2. The molecule has 2 aromatic carbocycles. The SMILES string of the molecule is CC(C)(C)OC(=O)N1CCC[C@H]1C(=O)N1CCC(C(=O)N[C@H](Cc2ccccc2)C(=O)NCc2ccc(F)cc2)CC1. The number of ether oxygens (including phenoxy) is 1. The van der Waals surface area contributed by atoms with Crippen LogP contribution >= 0.6 is 0 Å². The summed E-state index contributed by atoms with van der Waals surface area (Å²) in [7, 11) is 0. The molecule has 0 aromatic heterocycles. The second-order valence-corrected chi connectivity index (χ2v) is 12.0. The second-order valence-electron chi connectivity index (χ2n) is 12.0. The van der Waals surface area contributed by atoms with Gasteiger partial charge in [-0.1, -0.05) is 42.5 Å². The Morgan fingerprint density at radius 1 is 0.929 bits per heavy atom. The number of hydrogen-bond acceptors (Lipinski definition) is 5. The lowest BCUT2D eigenvalue weighted by Crippen LogP contribution is -2.53. The Labute approximate surface area is 246 Å². The number of carbonyl (C=O) groups excluding carboxylic acids is 4. The molecule has 9 nitrogen and oxygen atoms in total. The van der Waals surface area contributed by atoms with Crippen LogP contribution in [0.4, 0.5) is 9.18 Å². The van der Waals surface area contributed by atoms with E-state index in [1.807, 2.05) is 30.3 Å². The molecule has 226 valence electrons. The predicted octanol–water partition coefficient (Wildman–Crippen LogP) is 3.81. The normalized spacial score (nSPS) is 18.3. The van der Waals surface area contributed by atoms with Gasteiger partial charge in [0.2, 0.25) is 17.7 Å². The number of nitrogens with zero attached hydrogens (tertiary/aromatic N) is 2. The molecule has 10 heteroatoms. The summed E-state index contributed by atoms with van der Waals surface area (Å²) >= 11 is 0. The molecule has 4 rings (SSSR count). The van der Waals surface area contributed by atoms with Crippen LogP contribution in [-0.4, -0.2) is 70.9 Å². The minimum atomic E-state index is -0.791. The van der Waals surface area contributed by atoms with E-state index < -0.39 is 23.8 Å². The van der Waals surface area contributed by atoms with Gasteiger partial charge >= 0.3 is 6.09 Å². The smallest absolute Gasteiger partial charge is 0.410 e. The molecule has 0 saturated carbocycles. The molecular formula is C32H41FN4O5. The molecule has 2 fully saturated rings. The molecule has 0 aliphatic carbocycles. The fraction of sp³-hybridized carbons (Fsp3) is 0.500. The summed E-state index contributed by atoms with van der Waals surface area (Å²) in [6, 6.07) is 14.0. The van der Waals surface area contributed by atoms with E-state index in [4.69, 9.17) is 4.74 Å². The molecular weight excluding hydrogens is 539 g/mol. The van der Waals surface area contributed by atoms with Gasteiger partial charge in [-0.05, 0) is 69.7 Å². The van der Waals surface area contributed by atoms with E-state index in [-0.39, 0.29) is 36.0 Å². The number of likely N-dealkylation sites (tertiary alicyclic amines) is 2. The molecule has 2 atom stereocenters. The highest BCUT2D eigenvalue weighted by atomic mass is 19.1. The van der Waals surface area contributed by atoms with E-state index >= 15 is 0 Å². The van der Waals surface area contributed by atoms with Crippen LogP contribution in [0, 0.1) is 11.7 Å². The van der Waals surface area contributed by atoms with Gasteiger partial charge in [-0.3, -0.25) is 19.3 Å². The second kappa shape index (κ2) is 13.8. The van der Waals surface area contributed by atoms with Crippen LogP contribution in [0.3, 0.4) is 0 Å². The Balaban J connectivity index is 1.33. The summed E-state index contributed by atoms with van der Waals surface area (Å²) in [5.41, 5.74) is 1.01. The van der Waals surface area contributed by atoms with Crippen molar-refractivity contribution < 1.29 is 28.3 Å². The van der Waals surface area contributed by atoms with Crippen LogP contribution < -0.4 is 10.6 Å². The first-order valence-corrected chi connectivity index (χ1v) is 14.6. The topological polar surface area (TPSA) is 108 Å². The van der Waals surface area contributed by atoms with Crippen molar-refractivity contribution in [1.29, 1.82) is 0 Å². The third-order valence-electron chi connectivity index (χ3n) is 7.64. The number of piperidine rings is 1. The lowest BCUT2D eigenvalue weighted by Gasteiger charge is -2.35. The van der Waals surface area contributed by atoms with Crippen LogP contribution in [0.1, 0.15) is 57.6 Å². The molecule has 2 aliphatic heterocycles. The Morgan fingerprint density at radius 3 is 2.24 bits per heavy atom. The molecule has 2 N–H and O–H groups in total. The minimum Gasteiger partial charge on any atom is -0.444 e. The van der Waals surface area contributed by atoms with Gasteiger partial charge in [0.15, 0.2) is 0 Å². The van der Waals surface area contributed by atoms with Crippen molar-refractivity contribution in [2.45, 2.75) is 77.1 Å². The van der Waals surface area contributed by atoms with E-state index in [0.717, 1.165) is 17.5 Å². The van der Waals surface area contributed by atoms with Gasteiger partial charge in [0, 0.05) is 38.5 Å². The third-order valence-corrected chi connectivity index (χ3v) is 7.64. The molecule has 42 heavy (non-hydrogen) atoms. The van der Waals surface area contributed by atoms with Crippen molar-refractivity contribution in [3.8, 4) is 0 Å². The average Bonchev–Trinajstić information content (AvgIpc) is 3.46. The summed E-state index contributed by atoms with van der Waals surface area (Å²) in [5.74, 6) is -1.36. The van der Waals surface area contributed by atoms with Gasteiger partial charge in [0.1, 0.15) is 23.5 Å². The molecule has 2 saturated heterocycles. The largest absolute Gasteiger partial charge is 0.444 e. The summed E-state index contributed by atoms with van der Waals surface area (Å²) < 4.78 is 18.7. The average molecular weight is 581 g/mol. The Kier molecular flexibility index (Phi) is 10.2. The molecule has 4 amide bonds. The number of amides is 4. The molecule has 0 unspecified atom stereocenters. The fourth-order valence-electron chi connectivity index (χ4n) is 5.40. The van der Waals surface area contributed by atoms with E-state index in [9.17, 15) is 23.6 Å². The van der Waals surface area contributed by atoms with Crippen LogP contribution in [0.25, 0.3) is 0 Å². The molecule has 2 aliphatic rings. The molecule has 0 radical (unpaired) electrons. The van der Waals surface area contributed by atoms with Crippen molar-refractivity contribution in [2.24, 2.45) is 5.92 Å². The van der Waals surface area contributed by atoms with Crippen molar-refractivity contribution >= 4 is 23.8 Å². The van der Waals surface area contributed by atoms with E-state index in [1.54, 1.807) is 37.8 Å². The van der Waals surface area contributed by atoms with E-state index in [1.165, 1.54) is 17.0 Å². The summed E-state index contributed by atoms with van der Waals surface area (Å²) in [5, 5.41) is 5.80. The van der Waals surface area contributed by atoms with Crippen molar-refractivity contribution in [3.05, 3.63) is 71.5 Å². The Morgan fingerprint density at radius 2 is 1.60 bits per heavy atom.